The third kappa shape index (κ3) is 4.23. The molecule has 88 valence electrons. The van der Waals surface area contributed by atoms with Gasteiger partial charge < -0.3 is 4.90 Å². The summed E-state index contributed by atoms with van der Waals surface area (Å²) in [4.78, 5) is 2.31. The summed E-state index contributed by atoms with van der Waals surface area (Å²) in [6.07, 6.45) is 7.37. The molecule has 1 saturated heterocycles. The fourth-order valence-corrected chi connectivity index (χ4v) is 2.32. The van der Waals surface area contributed by atoms with Crippen molar-refractivity contribution < 1.29 is 0 Å². The number of amidine groups is 1. The minimum atomic E-state index is 0.580. The largest absolute Gasteiger partial charge is 0.358 e. The molecule has 1 fully saturated rings. The zero-order chi connectivity index (χ0) is 11.3. The van der Waals surface area contributed by atoms with Gasteiger partial charge in [0.1, 0.15) is 0 Å². The summed E-state index contributed by atoms with van der Waals surface area (Å²) < 4.78 is 0. The first-order chi connectivity index (χ1) is 7.11. The van der Waals surface area contributed by atoms with Gasteiger partial charge in [0.05, 0.1) is 5.84 Å². The molecular formula is C13H26N2. The van der Waals surface area contributed by atoms with Gasteiger partial charge in [0.2, 0.25) is 0 Å². The summed E-state index contributed by atoms with van der Waals surface area (Å²) in [6.45, 7) is 7.96. The molecule has 1 heterocycles. The van der Waals surface area contributed by atoms with E-state index in [9.17, 15) is 0 Å². The Morgan fingerprint density at radius 3 is 2.53 bits per heavy atom. The van der Waals surface area contributed by atoms with E-state index >= 15 is 0 Å². The normalized spacial score (nSPS) is 19.7. The van der Waals surface area contributed by atoms with Crippen LogP contribution in [0, 0.1) is 11.3 Å². The molecule has 1 aliphatic heterocycles. The molecule has 0 aromatic carbocycles. The predicted molar refractivity (Wildman–Crippen MR) is 66.4 cm³/mol. The van der Waals surface area contributed by atoms with Gasteiger partial charge in [0, 0.05) is 19.0 Å². The zero-order valence-corrected chi connectivity index (χ0v) is 10.6. The van der Waals surface area contributed by atoms with Crippen molar-refractivity contribution in [2.75, 3.05) is 6.54 Å². The number of rotatable bonds is 5. The molecule has 0 aliphatic carbocycles. The summed E-state index contributed by atoms with van der Waals surface area (Å²) >= 11 is 0. The second-order valence-electron chi connectivity index (χ2n) is 5.27. The van der Waals surface area contributed by atoms with Crippen LogP contribution in [0.3, 0.4) is 0 Å². The number of hydrogen-bond acceptors (Lipinski definition) is 1. The van der Waals surface area contributed by atoms with Gasteiger partial charge in [-0.05, 0) is 32.1 Å². The third-order valence-corrected chi connectivity index (χ3v) is 3.34. The molecule has 1 aliphatic rings. The Morgan fingerprint density at radius 1 is 1.20 bits per heavy atom. The van der Waals surface area contributed by atoms with Crippen LogP contribution in [0.15, 0.2) is 0 Å². The van der Waals surface area contributed by atoms with Crippen molar-refractivity contribution >= 4 is 5.84 Å². The SMILES string of the molecule is CC(C)CCCC(C)N1CCCCC1=N. The van der Waals surface area contributed by atoms with E-state index in [1.807, 2.05) is 0 Å². The molecule has 2 heteroatoms. The molecule has 0 radical (unpaired) electrons. The lowest BCUT2D eigenvalue weighted by atomic mass is 10.0. The topological polar surface area (TPSA) is 27.1 Å². The van der Waals surface area contributed by atoms with Crippen LogP contribution >= 0.6 is 0 Å². The molecule has 1 atom stereocenters. The van der Waals surface area contributed by atoms with Crippen LogP contribution in [-0.4, -0.2) is 23.3 Å². The number of nitrogens with one attached hydrogen (secondary N) is 1. The van der Waals surface area contributed by atoms with Crippen molar-refractivity contribution in [3.63, 3.8) is 0 Å². The highest BCUT2D eigenvalue weighted by Crippen LogP contribution is 2.18. The molecule has 0 amide bonds. The standard InChI is InChI=1S/C13H26N2/c1-11(2)7-6-8-12(3)15-10-5-4-9-13(15)14/h11-12,14H,4-10H2,1-3H3. The van der Waals surface area contributed by atoms with Crippen molar-refractivity contribution in [2.24, 2.45) is 5.92 Å². The van der Waals surface area contributed by atoms with Crippen LogP contribution in [0.25, 0.3) is 0 Å². The molecule has 15 heavy (non-hydrogen) atoms. The van der Waals surface area contributed by atoms with Gasteiger partial charge >= 0.3 is 0 Å². The smallest absolute Gasteiger partial charge is 0.0960 e. The molecule has 1 unspecified atom stereocenters. The number of piperidine rings is 1. The average molecular weight is 210 g/mol. The van der Waals surface area contributed by atoms with Crippen LogP contribution < -0.4 is 0 Å². The Hall–Kier alpha value is -0.530. The van der Waals surface area contributed by atoms with E-state index in [1.54, 1.807) is 0 Å². The minimum Gasteiger partial charge on any atom is -0.358 e. The Labute approximate surface area is 94.6 Å². The minimum absolute atomic E-state index is 0.580. The fraction of sp³-hybridized carbons (Fsp3) is 0.923. The average Bonchev–Trinajstić information content (AvgIpc) is 2.17. The molecule has 0 saturated carbocycles. The quantitative estimate of drug-likeness (QED) is 0.736. The number of likely N-dealkylation sites (tertiary alicyclic amines) is 1. The van der Waals surface area contributed by atoms with Crippen molar-refractivity contribution in [1.82, 2.24) is 4.90 Å². The van der Waals surface area contributed by atoms with E-state index < -0.39 is 0 Å². The van der Waals surface area contributed by atoms with Gasteiger partial charge in [-0.25, -0.2) is 0 Å². The molecule has 2 nitrogen and oxygen atoms in total. The van der Waals surface area contributed by atoms with Crippen LogP contribution in [-0.2, 0) is 0 Å². The summed E-state index contributed by atoms with van der Waals surface area (Å²) in [6, 6.07) is 0.580. The van der Waals surface area contributed by atoms with Crippen molar-refractivity contribution in [2.45, 2.75) is 65.3 Å². The molecule has 0 spiro atoms. The summed E-state index contributed by atoms with van der Waals surface area (Å²) in [5.41, 5.74) is 0. The predicted octanol–water partition coefficient (Wildman–Crippen LogP) is 3.66. The Morgan fingerprint density at radius 2 is 1.93 bits per heavy atom. The van der Waals surface area contributed by atoms with Crippen molar-refractivity contribution in [1.29, 1.82) is 5.41 Å². The summed E-state index contributed by atoms with van der Waals surface area (Å²) in [5, 5.41) is 7.92. The van der Waals surface area contributed by atoms with E-state index in [-0.39, 0.29) is 0 Å². The molecule has 0 aromatic heterocycles. The van der Waals surface area contributed by atoms with Gasteiger partial charge in [-0.1, -0.05) is 26.7 Å². The van der Waals surface area contributed by atoms with Crippen LogP contribution in [0.1, 0.15) is 59.3 Å². The Balaban J connectivity index is 2.25. The Kier molecular flexibility index (Phi) is 5.13. The highest BCUT2D eigenvalue weighted by atomic mass is 15.2. The second-order valence-corrected chi connectivity index (χ2v) is 5.27. The lowest BCUT2D eigenvalue weighted by molar-refractivity contribution is 0.274. The van der Waals surface area contributed by atoms with Gasteiger partial charge in [0.15, 0.2) is 0 Å². The zero-order valence-electron chi connectivity index (χ0n) is 10.6. The summed E-state index contributed by atoms with van der Waals surface area (Å²) in [7, 11) is 0. The van der Waals surface area contributed by atoms with E-state index in [2.05, 4.69) is 25.7 Å². The van der Waals surface area contributed by atoms with E-state index in [1.165, 1.54) is 32.1 Å². The summed E-state index contributed by atoms with van der Waals surface area (Å²) in [5.74, 6) is 1.69. The molecule has 0 bridgehead atoms. The maximum atomic E-state index is 7.92. The van der Waals surface area contributed by atoms with Crippen LogP contribution in [0.4, 0.5) is 0 Å². The van der Waals surface area contributed by atoms with Crippen molar-refractivity contribution in [3.8, 4) is 0 Å². The molecule has 1 rings (SSSR count). The number of hydrogen-bond donors (Lipinski definition) is 1. The molecular weight excluding hydrogens is 184 g/mol. The van der Waals surface area contributed by atoms with Crippen LogP contribution in [0.2, 0.25) is 0 Å². The second kappa shape index (κ2) is 6.14. The van der Waals surface area contributed by atoms with Gasteiger partial charge in [-0.15, -0.1) is 0 Å². The first kappa shape index (κ1) is 12.5. The van der Waals surface area contributed by atoms with E-state index in [0.29, 0.717) is 6.04 Å². The highest BCUT2D eigenvalue weighted by molar-refractivity contribution is 5.80. The molecule has 0 aromatic rings. The van der Waals surface area contributed by atoms with Gasteiger partial charge in [0.25, 0.3) is 0 Å². The third-order valence-electron chi connectivity index (χ3n) is 3.34. The number of nitrogens with zero attached hydrogens (tertiary/aromatic N) is 1. The van der Waals surface area contributed by atoms with Crippen molar-refractivity contribution in [3.05, 3.63) is 0 Å². The van der Waals surface area contributed by atoms with Crippen LogP contribution in [0.5, 0.6) is 0 Å². The maximum Gasteiger partial charge on any atom is 0.0960 e. The lowest BCUT2D eigenvalue weighted by Gasteiger charge is -2.35. The first-order valence-electron chi connectivity index (χ1n) is 6.45. The van der Waals surface area contributed by atoms with Gasteiger partial charge in [-0.2, -0.15) is 0 Å². The molecule has 1 N–H and O–H groups in total. The first-order valence-corrected chi connectivity index (χ1v) is 6.45. The Bertz CT molecular complexity index is 199. The van der Waals surface area contributed by atoms with Gasteiger partial charge in [-0.3, -0.25) is 5.41 Å². The van der Waals surface area contributed by atoms with E-state index in [0.717, 1.165) is 24.7 Å². The highest BCUT2D eigenvalue weighted by Gasteiger charge is 2.19. The monoisotopic (exact) mass is 210 g/mol. The van der Waals surface area contributed by atoms with E-state index in [4.69, 9.17) is 5.41 Å². The lowest BCUT2D eigenvalue weighted by Crippen LogP contribution is -2.41. The maximum absolute atomic E-state index is 7.92. The fourth-order valence-electron chi connectivity index (χ4n) is 2.32.